The molecule has 0 fully saturated rings. The van der Waals surface area contributed by atoms with Crippen LogP contribution in [0.15, 0.2) is 41.3 Å². The lowest BCUT2D eigenvalue weighted by atomic mass is 9.85. The van der Waals surface area contributed by atoms with Gasteiger partial charge in [0.25, 0.3) is 0 Å². The van der Waals surface area contributed by atoms with E-state index in [1.807, 2.05) is 0 Å². The van der Waals surface area contributed by atoms with E-state index in [9.17, 15) is 39.5 Å². The largest absolute Gasteiger partial charge is 0.493 e. The Morgan fingerprint density at radius 2 is 1.53 bits per heavy atom. The normalized spacial score (nSPS) is 15.1. The highest BCUT2D eigenvalue weighted by Gasteiger charge is 2.33. The molecule has 1 heterocycles. The van der Waals surface area contributed by atoms with E-state index >= 15 is 0 Å². The smallest absolute Gasteiger partial charge is 0.416 e. The van der Waals surface area contributed by atoms with Gasteiger partial charge in [-0.3, -0.25) is 4.39 Å². The van der Waals surface area contributed by atoms with Crippen LogP contribution in [-0.2, 0) is 6.18 Å². The van der Waals surface area contributed by atoms with Gasteiger partial charge in [-0.15, -0.1) is 0 Å². The van der Waals surface area contributed by atoms with Crippen molar-refractivity contribution in [3.05, 3.63) is 82.2 Å². The number of benzene rings is 3. The fourth-order valence-corrected chi connectivity index (χ4v) is 4.46. The zero-order chi connectivity index (χ0) is 27.6. The van der Waals surface area contributed by atoms with Gasteiger partial charge in [-0.2, -0.15) is 22.0 Å². The Bertz CT molecular complexity index is 1300. The molecule has 0 spiro atoms. The molecule has 0 aliphatic carbocycles. The third kappa shape index (κ3) is 5.62. The van der Waals surface area contributed by atoms with Crippen molar-refractivity contribution in [1.82, 2.24) is 0 Å². The molecule has 1 aliphatic rings. The summed E-state index contributed by atoms with van der Waals surface area (Å²) in [6.07, 6.45) is -4.26. The van der Waals surface area contributed by atoms with Gasteiger partial charge in [0, 0.05) is 23.5 Å². The number of alkyl halides is 4. The molecular weight excluding hydrogens is 551 g/mol. The Morgan fingerprint density at radius 1 is 0.868 bits per heavy atom. The molecule has 1 atom stereocenters. The van der Waals surface area contributed by atoms with Gasteiger partial charge < -0.3 is 13.7 Å². The van der Waals surface area contributed by atoms with Crippen molar-refractivity contribution in [2.75, 3.05) is 19.9 Å². The van der Waals surface area contributed by atoms with E-state index < -0.39 is 59.2 Å². The van der Waals surface area contributed by atoms with Crippen molar-refractivity contribution in [3.63, 3.8) is 0 Å². The minimum Gasteiger partial charge on any atom is -0.493 e. The summed E-state index contributed by atoms with van der Waals surface area (Å²) in [6.45, 7) is -0.692. The third-order valence-electron chi connectivity index (χ3n) is 5.67. The summed E-state index contributed by atoms with van der Waals surface area (Å²) in [5, 5.41) is 0. The average molecular weight is 568 g/mol. The maximum atomic E-state index is 13.9. The van der Waals surface area contributed by atoms with E-state index in [1.165, 1.54) is 24.3 Å². The fourth-order valence-electron chi connectivity index (χ4n) is 3.85. The van der Waals surface area contributed by atoms with Gasteiger partial charge in [0.15, 0.2) is 0 Å². The summed E-state index contributed by atoms with van der Waals surface area (Å²) in [6, 6.07) is 7.39. The quantitative estimate of drug-likeness (QED) is 0.0902. The van der Waals surface area contributed by atoms with Gasteiger partial charge in [0.2, 0.25) is 34.8 Å². The maximum Gasteiger partial charge on any atom is 0.416 e. The fraction of sp³-hybridized carbons (Fsp3) is 0.280. The second-order valence-electron chi connectivity index (χ2n) is 8.10. The molecule has 3 nitrogen and oxygen atoms in total. The highest BCUT2D eigenvalue weighted by atomic mass is 32.2. The zero-order valence-corrected chi connectivity index (χ0v) is 19.9. The van der Waals surface area contributed by atoms with Gasteiger partial charge in [0.05, 0.1) is 42.4 Å². The first-order valence-electron chi connectivity index (χ1n) is 11.1. The van der Waals surface area contributed by atoms with Crippen LogP contribution in [0.5, 0.6) is 17.2 Å². The lowest BCUT2D eigenvalue weighted by Crippen LogP contribution is -2.17. The van der Waals surface area contributed by atoms with Crippen molar-refractivity contribution in [2.24, 2.45) is 0 Å². The van der Waals surface area contributed by atoms with Crippen LogP contribution >= 0.6 is 12.0 Å². The summed E-state index contributed by atoms with van der Waals surface area (Å²) >= 11 is 0.315. The lowest BCUT2D eigenvalue weighted by Gasteiger charge is -2.28. The van der Waals surface area contributed by atoms with Crippen LogP contribution in [0.3, 0.4) is 0 Å². The van der Waals surface area contributed by atoms with Crippen molar-refractivity contribution in [2.45, 2.75) is 29.8 Å². The van der Waals surface area contributed by atoms with Crippen molar-refractivity contribution < 1.29 is 53.2 Å². The van der Waals surface area contributed by atoms with Crippen LogP contribution in [0, 0.1) is 29.1 Å². The second kappa shape index (κ2) is 11.3. The number of hydrogen-bond donors (Lipinski definition) is 0. The molecule has 0 N–H and O–H groups in total. The van der Waals surface area contributed by atoms with Crippen molar-refractivity contribution >= 4 is 12.0 Å². The SMILES string of the molecule is FCCCOc1cc(C(F)(F)F)ccc1C1CCOc2cc(SOc3c(F)c(F)c(F)c(F)c3F)ccc21. The summed E-state index contributed by atoms with van der Waals surface area (Å²) in [5.41, 5.74) is 0.0345. The molecule has 3 aromatic carbocycles. The molecule has 0 amide bonds. The van der Waals surface area contributed by atoms with Gasteiger partial charge in [-0.05, 0) is 30.7 Å². The monoisotopic (exact) mass is 568 g/mol. The second-order valence-corrected chi connectivity index (χ2v) is 8.90. The summed E-state index contributed by atoms with van der Waals surface area (Å²) in [4.78, 5) is 0.181. The Labute approximate surface area is 214 Å². The first kappa shape index (κ1) is 27.8. The van der Waals surface area contributed by atoms with Gasteiger partial charge >= 0.3 is 6.18 Å². The van der Waals surface area contributed by atoms with Crippen molar-refractivity contribution in [3.8, 4) is 17.2 Å². The Kier molecular flexibility index (Phi) is 8.24. The average Bonchev–Trinajstić information content (AvgIpc) is 2.90. The predicted molar refractivity (Wildman–Crippen MR) is 119 cm³/mol. The number of rotatable bonds is 8. The van der Waals surface area contributed by atoms with E-state index in [-0.39, 0.29) is 36.0 Å². The number of halogens is 9. The van der Waals surface area contributed by atoms with Crippen LogP contribution < -0.4 is 13.7 Å². The Balaban J connectivity index is 1.61. The summed E-state index contributed by atoms with van der Waals surface area (Å²) in [7, 11) is 0. The molecule has 204 valence electrons. The molecule has 13 heteroatoms. The summed E-state index contributed by atoms with van der Waals surface area (Å²) < 4.78 is 136. The van der Waals surface area contributed by atoms with E-state index in [4.69, 9.17) is 13.7 Å². The minimum atomic E-state index is -4.62. The standard InChI is InChI=1S/C25H17F9O3S/c26-7-1-8-35-17-10-12(25(32,33)34)2-4-15(17)14-6-9-36-18-11-13(3-5-16(14)18)38-37-24-22(30)20(28)19(27)21(29)23(24)31/h2-5,10-11,14H,1,6-9H2. The van der Waals surface area contributed by atoms with Crippen molar-refractivity contribution in [1.29, 1.82) is 0 Å². The first-order valence-corrected chi connectivity index (χ1v) is 11.8. The summed E-state index contributed by atoms with van der Waals surface area (Å²) in [5.74, 6) is -12.6. The highest BCUT2D eigenvalue weighted by Crippen LogP contribution is 2.45. The molecule has 1 unspecified atom stereocenters. The maximum absolute atomic E-state index is 13.9. The van der Waals surface area contributed by atoms with E-state index in [1.54, 1.807) is 0 Å². The Hall–Kier alpha value is -3.22. The first-order chi connectivity index (χ1) is 18.0. The molecule has 3 aromatic rings. The Morgan fingerprint density at radius 3 is 2.18 bits per heavy atom. The molecule has 0 aromatic heterocycles. The van der Waals surface area contributed by atoms with Gasteiger partial charge in [0.1, 0.15) is 11.5 Å². The third-order valence-corrected chi connectivity index (χ3v) is 6.36. The van der Waals surface area contributed by atoms with E-state index in [2.05, 4.69) is 0 Å². The molecule has 38 heavy (non-hydrogen) atoms. The number of hydrogen-bond acceptors (Lipinski definition) is 4. The molecule has 4 rings (SSSR count). The lowest BCUT2D eigenvalue weighted by molar-refractivity contribution is -0.137. The van der Waals surface area contributed by atoms with Crippen LogP contribution in [-0.4, -0.2) is 19.9 Å². The van der Waals surface area contributed by atoms with Gasteiger partial charge in [-0.1, -0.05) is 12.1 Å². The van der Waals surface area contributed by atoms with E-state index in [0.717, 1.165) is 12.1 Å². The molecule has 1 aliphatic heterocycles. The highest BCUT2D eigenvalue weighted by molar-refractivity contribution is 7.95. The molecule has 0 bridgehead atoms. The van der Waals surface area contributed by atoms with Crippen LogP contribution in [0.25, 0.3) is 0 Å². The molecular formula is C25H17F9O3S. The zero-order valence-electron chi connectivity index (χ0n) is 19.1. The minimum absolute atomic E-state index is 0.0102. The number of fused-ring (bicyclic) bond motifs is 1. The predicted octanol–water partition coefficient (Wildman–Crippen LogP) is 8.14. The van der Waals surface area contributed by atoms with E-state index in [0.29, 0.717) is 29.6 Å². The van der Waals surface area contributed by atoms with Crippen LogP contribution in [0.1, 0.15) is 35.4 Å². The van der Waals surface area contributed by atoms with Crippen LogP contribution in [0.4, 0.5) is 39.5 Å². The molecule has 0 radical (unpaired) electrons. The number of ether oxygens (including phenoxy) is 2. The van der Waals surface area contributed by atoms with Gasteiger partial charge in [-0.25, -0.2) is 13.2 Å². The topological polar surface area (TPSA) is 27.7 Å². The molecule has 0 saturated heterocycles. The van der Waals surface area contributed by atoms with Crippen LogP contribution in [0.2, 0.25) is 0 Å². The molecule has 0 saturated carbocycles.